The summed E-state index contributed by atoms with van der Waals surface area (Å²) in [5.74, 6) is 0.621. The number of hydrogen-bond donors (Lipinski definition) is 0. The molecule has 1 amide bonds. The summed E-state index contributed by atoms with van der Waals surface area (Å²) in [6.45, 7) is 3.90. The van der Waals surface area contributed by atoms with Crippen molar-refractivity contribution in [2.24, 2.45) is 11.0 Å². The number of carbonyl (C=O) groups is 1. The molecule has 5 heteroatoms. The molecule has 0 N–H and O–H groups in total. The molecule has 0 spiro atoms. The zero-order valence-electron chi connectivity index (χ0n) is 12.0. The Hall–Kier alpha value is -0.950. The van der Waals surface area contributed by atoms with Crippen LogP contribution in [0.3, 0.4) is 0 Å². The van der Waals surface area contributed by atoms with Crippen LogP contribution in [0.1, 0.15) is 31.4 Å². The fourth-order valence-electron chi connectivity index (χ4n) is 4.00. The standard InChI is InChI=1S/C16H18IN3O/c1-10(21)20-15(12-3-2-4-13(17)9-12)16-14(18-20)11-5-7-19(16)8-6-11/h2-4,9,11,15-16H,5-8H2,1H3. The van der Waals surface area contributed by atoms with E-state index >= 15 is 0 Å². The van der Waals surface area contributed by atoms with Gasteiger partial charge in [0, 0.05) is 16.4 Å². The normalized spacial score (nSPS) is 33.8. The van der Waals surface area contributed by atoms with E-state index in [1.807, 2.05) is 0 Å². The molecule has 0 aromatic heterocycles. The SMILES string of the molecule is CC(=O)N1N=C2C3CCN(CC3)C2C1c1cccc(I)c1. The molecular weight excluding hydrogens is 377 g/mol. The lowest BCUT2D eigenvalue weighted by Gasteiger charge is -2.46. The average Bonchev–Trinajstić information content (AvgIpc) is 2.91. The topological polar surface area (TPSA) is 35.9 Å². The van der Waals surface area contributed by atoms with E-state index in [2.05, 4.69) is 51.8 Å². The second-order valence-corrected chi connectivity index (χ2v) is 7.39. The molecule has 5 rings (SSSR count). The van der Waals surface area contributed by atoms with Crippen molar-refractivity contribution < 1.29 is 4.79 Å². The van der Waals surface area contributed by atoms with Crippen LogP contribution in [0.5, 0.6) is 0 Å². The minimum atomic E-state index is 0.0429. The van der Waals surface area contributed by atoms with Gasteiger partial charge in [0.1, 0.15) is 6.04 Å². The van der Waals surface area contributed by atoms with Crippen molar-refractivity contribution in [3.8, 4) is 0 Å². The van der Waals surface area contributed by atoms with Crippen LogP contribution in [0.4, 0.5) is 0 Å². The number of piperidine rings is 3. The van der Waals surface area contributed by atoms with Gasteiger partial charge in [-0.05, 0) is 66.2 Å². The van der Waals surface area contributed by atoms with Crippen LogP contribution >= 0.6 is 22.6 Å². The van der Waals surface area contributed by atoms with Gasteiger partial charge < -0.3 is 0 Å². The zero-order valence-corrected chi connectivity index (χ0v) is 14.2. The van der Waals surface area contributed by atoms with Crippen LogP contribution in [0, 0.1) is 9.49 Å². The Morgan fingerprint density at radius 2 is 2.05 bits per heavy atom. The predicted octanol–water partition coefficient (Wildman–Crippen LogP) is 2.64. The molecule has 2 atom stereocenters. The third-order valence-electron chi connectivity index (χ3n) is 4.94. The molecule has 1 aromatic rings. The van der Waals surface area contributed by atoms with Gasteiger partial charge in [-0.15, -0.1) is 0 Å². The van der Waals surface area contributed by atoms with Crippen LogP contribution in [0.15, 0.2) is 29.4 Å². The number of rotatable bonds is 1. The Labute approximate surface area is 138 Å². The second kappa shape index (κ2) is 5.05. The lowest BCUT2D eigenvalue weighted by molar-refractivity contribution is -0.131. The number of fused-ring (bicyclic) bond motifs is 2. The Kier molecular flexibility index (Phi) is 3.29. The molecule has 110 valence electrons. The molecule has 4 heterocycles. The van der Waals surface area contributed by atoms with Gasteiger partial charge in [0.15, 0.2) is 0 Å². The molecule has 0 aliphatic carbocycles. The van der Waals surface area contributed by atoms with Gasteiger partial charge in [-0.3, -0.25) is 9.69 Å². The Morgan fingerprint density at radius 3 is 2.71 bits per heavy atom. The molecular formula is C16H18IN3O. The van der Waals surface area contributed by atoms with E-state index in [1.165, 1.54) is 27.7 Å². The van der Waals surface area contributed by atoms with Gasteiger partial charge >= 0.3 is 0 Å². The number of halogens is 1. The van der Waals surface area contributed by atoms with E-state index < -0.39 is 0 Å². The van der Waals surface area contributed by atoms with Gasteiger partial charge in [-0.1, -0.05) is 12.1 Å². The molecule has 2 bridgehead atoms. The first-order valence-electron chi connectivity index (χ1n) is 7.53. The summed E-state index contributed by atoms with van der Waals surface area (Å²) in [5.41, 5.74) is 2.44. The van der Waals surface area contributed by atoms with E-state index in [1.54, 1.807) is 11.9 Å². The van der Waals surface area contributed by atoms with Gasteiger partial charge in [0.05, 0.1) is 11.8 Å². The zero-order chi connectivity index (χ0) is 14.6. The molecule has 21 heavy (non-hydrogen) atoms. The van der Waals surface area contributed by atoms with Crippen molar-refractivity contribution in [1.29, 1.82) is 0 Å². The number of amides is 1. The van der Waals surface area contributed by atoms with Crippen LogP contribution in [0.2, 0.25) is 0 Å². The van der Waals surface area contributed by atoms with Crippen LogP contribution in [-0.4, -0.2) is 40.7 Å². The summed E-state index contributed by atoms with van der Waals surface area (Å²) < 4.78 is 1.21. The molecule has 3 saturated heterocycles. The van der Waals surface area contributed by atoms with E-state index in [9.17, 15) is 4.79 Å². The number of benzene rings is 1. The molecule has 4 aliphatic rings. The van der Waals surface area contributed by atoms with E-state index in [0.29, 0.717) is 12.0 Å². The van der Waals surface area contributed by atoms with Crippen molar-refractivity contribution in [2.75, 3.05) is 13.1 Å². The Balaban J connectivity index is 1.79. The molecule has 4 nitrogen and oxygen atoms in total. The van der Waals surface area contributed by atoms with Crippen LogP contribution < -0.4 is 0 Å². The van der Waals surface area contributed by atoms with E-state index in [-0.39, 0.29) is 11.9 Å². The summed E-state index contributed by atoms with van der Waals surface area (Å²) >= 11 is 2.33. The van der Waals surface area contributed by atoms with Crippen LogP contribution in [0.25, 0.3) is 0 Å². The van der Waals surface area contributed by atoms with E-state index in [0.717, 1.165) is 13.1 Å². The number of carbonyl (C=O) groups excluding carboxylic acids is 1. The minimum absolute atomic E-state index is 0.0429. The van der Waals surface area contributed by atoms with Crippen molar-refractivity contribution in [3.05, 3.63) is 33.4 Å². The predicted molar refractivity (Wildman–Crippen MR) is 89.9 cm³/mol. The van der Waals surface area contributed by atoms with Gasteiger partial charge in [-0.25, -0.2) is 5.01 Å². The molecule has 3 fully saturated rings. The number of nitrogens with zero attached hydrogens (tertiary/aromatic N) is 3. The average molecular weight is 395 g/mol. The molecule has 0 saturated carbocycles. The summed E-state index contributed by atoms with van der Waals surface area (Å²) in [6.07, 6.45) is 2.39. The highest BCUT2D eigenvalue weighted by Gasteiger charge is 2.50. The Morgan fingerprint density at radius 1 is 1.29 bits per heavy atom. The Bertz CT molecular complexity index is 622. The molecule has 2 unspecified atom stereocenters. The van der Waals surface area contributed by atoms with Gasteiger partial charge in [0.25, 0.3) is 0 Å². The fraction of sp³-hybridized carbons (Fsp3) is 0.500. The quantitative estimate of drug-likeness (QED) is 0.686. The maximum atomic E-state index is 12.1. The van der Waals surface area contributed by atoms with Crippen molar-refractivity contribution in [3.63, 3.8) is 0 Å². The first kappa shape index (κ1) is 13.7. The summed E-state index contributed by atoms with van der Waals surface area (Å²) in [5, 5.41) is 6.46. The highest BCUT2D eigenvalue weighted by Crippen LogP contribution is 2.43. The molecule has 1 aromatic carbocycles. The first-order chi connectivity index (χ1) is 10.1. The van der Waals surface area contributed by atoms with Crippen molar-refractivity contribution in [2.45, 2.75) is 31.8 Å². The largest absolute Gasteiger partial charge is 0.293 e. The summed E-state index contributed by atoms with van der Waals surface area (Å²) in [7, 11) is 0. The fourth-order valence-corrected chi connectivity index (χ4v) is 4.57. The lowest BCUT2D eigenvalue weighted by Crippen LogP contribution is -2.56. The lowest BCUT2D eigenvalue weighted by atomic mass is 9.78. The van der Waals surface area contributed by atoms with Gasteiger partial charge in [0.2, 0.25) is 5.91 Å². The number of hydrogen-bond acceptors (Lipinski definition) is 3. The van der Waals surface area contributed by atoms with Crippen LogP contribution in [-0.2, 0) is 4.79 Å². The third kappa shape index (κ3) is 2.12. The smallest absolute Gasteiger partial charge is 0.240 e. The molecule has 0 radical (unpaired) electrons. The monoisotopic (exact) mass is 395 g/mol. The van der Waals surface area contributed by atoms with Gasteiger partial charge in [-0.2, -0.15) is 5.10 Å². The van der Waals surface area contributed by atoms with Crippen molar-refractivity contribution in [1.82, 2.24) is 9.91 Å². The van der Waals surface area contributed by atoms with Crippen molar-refractivity contribution >= 4 is 34.2 Å². The van der Waals surface area contributed by atoms with E-state index in [4.69, 9.17) is 5.10 Å². The minimum Gasteiger partial charge on any atom is -0.293 e. The molecule has 4 aliphatic heterocycles. The highest BCUT2D eigenvalue weighted by molar-refractivity contribution is 14.1. The number of hydrazone groups is 1. The third-order valence-corrected chi connectivity index (χ3v) is 5.61. The first-order valence-corrected chi connectivity index (χ1v) is 8.61. The second-order valence-electron chi connectivity index (χ2n) is 6.14. The summed E-state index contributed by atoms with van der Waals surface area (Å²) in [6, 6.07) is 8.82. The highest BCUT2D eigenvalue weighted by atomic mass is 127. The summed E-state index contributed by atoms with van der Waals surface area (Å²) in [4.78, 5) is 14.6. The maximum Gasteiger partial charge on any atom is 0.240 e. The maximum absolute atomic E-state index is 12.1.